The third kappa shape index (κ3) is 2.78. The van der Waals surface area contributed by atoms with E-state index in [-0.39, 0.29) is 30.0 Å². The molecule has 2 bridgehead atoms. The lowest BCUT2D eigenvalue weighted by molar-refractivity contribution is 0.0580. The van der Waals surface area contributed by atoms with Gasteiger partial charge in [-0.3, -0.25) is 4.79 Å². The highest BCUT2D eigenvalue weighted by Crippen LogP contribution is 2.36. The lowest BCUT2D eigenvalue weighted by Gasteiger charge is -2.37. The number of anilines is 1. The Labute approximate surface area is 123 Å². The van der Waals surface area contributed by atoms with E-state index >= 15 is 0 Å². The number of aliphatic hydroxyl groups excluding tert-OH is 1. The summed E-state index contributed by atoms with van der Waals surface area (Å²) in [6.45, 7) is 1.52. The first-order valence-electron chi connectivity index (χ1n) is 7.43. The van der Waals surface area contributed by atoms with E-state index < -0.39 is 0 Å². The third-order valence-electron chi connectivity index (χ3n) is 4.49. The van der Waals surface area contributed by atoms with Gasteiger partial charge in [-0.15, -0.1) is 0 Å². The van der Waals surface area contributed by atoms with Gasteiger partial charge in [0.05, 0.1) is 6.10 Å². The molecule has 2 heterocycles. The lowest BCUT2D eigenvalue weighted by Crippen LogP contribution is -2.49. The monoisotopic (exact) mass is 288 g/mol. The number of ketones is 1. The van der Waals surface area contributed by atoms with Crippen molar-refractivity contribution in [1.82, 2.24) is 4.90 Å². The van der Waals surface area contributed by atoms with Crippen LogP contribution >= 0.6 is 0 Å². The molecule has 1 aromatic rings. The van der Waals surface area contributed by atoms with Gasteiger partial charge in [-0.25, -0.2) is 4.79 Å². The number of nitrogens with zero attached hydrogens (tertiary/aromatic N) is 1. The van der Waals surface area contributed by atoms with Gasteiger partial charge in [0, 0.05) is 23.3 Å². The van der Waals surface area contributed by atoms with Crippen LogP contribution in [0.4, 0.5) is 10.5 Å². The van der Waals surface area contributed by atoms with Gasteiger partial charge in [-0.1, -0.05) is 0 Å². The maximum atomic E-state index is 12.4. The van der Waals surface area contributed by atoms with Crippen LogP contribution in [0.25, 0.3) is 0 Å². The Balaban J connectivity index is 1.68. The summed E-state index contributed by atoms with van der Waals surface area (Å²) in [5, 5.41) is 12.7. The maximum Gasteiger partial charge on any atom is 0.322 e. The molecule has 0 saturated carbocycles. The molecule has 2 atom stereocenters. The molecule has 2 saturated heterocycles. The number of nitrogens with one attached hydrogen (secondary N) is 1. The van der Waals surface area contributed by atoms with Gasteiger partial charge < -0.3 is 15.3 Å². The van der Waals surface area contributed by atoms with Crippen LogP contribution in [0.5, 0.6) is 0 Å². The largest absolute Gasteiger partial charge is 0.393 e. The Hall–Kier alpha value is -1.88. The van der Waals surface area contributed by atoms with Gasteiger partial charge in [0.25, 0.3) is 0 Å². The van der Waals surface area contributed by atoms with Crippen molar-refractivity contribution in [3.8, 4) is 0 Å². The topological polar surface area (TPSA) is 69.6 Å². The Morgan fingerprint density at radius 2 is 1.71 bits per heavy atom. The third-order valence-corrected chi connectivity index (χ3v) is 4.49. The summed E-state index contributed by atoms with van der Waals surface area (Å²) in [6.07, 6.45) is 3.01. The Kier molecular flexibility index (Phi) is 3.68. The summed E-state index contributed by atoms with van der Waals surface area (Å²) in [4.78, 5) is 25.5. The molecule has 0 spiro atoms. The van der Waals surface area contributed by atoms with Gasteiger partial charge in [-0.05, 0) is 56.9 Å². The zero-order valence-corrected chi connectivity index (χ0v) is 12.1. The van der Waals surface area contributed by atoms with Crippen LogP contribution in [0.2, 0.25) is 0 Å². The number of Topliss-reactive ketones (excluding diaryl/α,β-unsaturated/α-hetero) is 1. The molecule has 0 radical (unpaired) electrons. The molecule has 2 unspecified atom stereocenters. The molecular weight excluding hydrogens is 268 g/mol. The van der Waals surface area contributed by atoms with Gasteiger partial charge >= 0.3 is 6.03 Å². The van der Waals surface area contributed by atoms with Crippen molar-refractivity contribution in [2.45, 2.75) is 50.8 Å². The fourth-order valence-electron chi connectivity index (χ4n) is 3.46. The minimum Gasteiger partial charge on any atom is -0.393 e. The summed E-state index contributed by atoms with van der Waals surface area (Å²) in [7, 11) is 0. The van der Waals surface area contributed by atoms with E-state index in [1.807, 2.05) is 4.90 Å². The molecule has 2 fully saturated rings. The van der Waals surface area contributed by atoms with Crippen molar-refractivity contribution in [2.75, 3.05) is 5.32 Å². The van der Waals surface area contributed by atoms with E-state index in [2.05, 4.69) is 5.32 Å². The number of fused-ring (bicyclic) bond motifs is 2. The molecule has 2 aliphatic heterocycles. The van der Waals surface area contributed by atoms with E-state index in [1.54, 1.807) is 24.3 Å². The summed E-state index contributed by atoms with van der Waals surface area (Å²) in [5.74, 6) is 0.0101. The highest BCUT2D eigenvalue weighted by molar-refractivity contribution is 5.95. The van der Waals surface area contributed by atoms with Gasteiger partial charge in [0.2, 0.25) is 0 Å². The Bertz CT molecular complexity index is 541. The molecule has 2 aliphatic rings. The first-order valence-corrected chi connectivity index (χ1v) is 7.43. The average molecular weight is 288 g/mol. The van der Waals surface area contributed by atoms with Crippen LogP contribution in [0.15, 0.2) is 24.3 Å². The molecular formula is C16H20N2O3. The second-order valence-corrected chi connectivity index (χ2v) is 5.98. The van der Waals surface area contributed by atoms with Crippen LogP contribution < -0.4 is 5.32 Å². The van der Waals surface area contributed by atoms with Crippen molar-refractivity contribution in [1.29, 1.82) is 0 Å². The molecule has 5 nitrogen and oxygen atoms in total. The number of hydrogen-bond acceptors (Lipinski definition) is 3. The fourth-order valence-corrected chi connectivity index (χ4v) is 3.46. The van der Waals surface area contributed by atoms with Gasteiger partial charge in [0.15, 0.2) is 5.78 Å². The van der Waals surface area contributed by atoms with Crippen molar-refractivity contribution in [2.24, 2.45) is 0 Å². The lowest BCUT2D eigenvalue weighted by atomic mass is 10.0. The number of piperidine rings is 1. The minimum absolute atomic E-state index is 0.0101. The summed E-state index contributed by atoms with van der Waals surface area (Å²) >= 11 is 0. The number of urea groups is 1. The number of carbonyl (C=O) groups is 2. The molecule has 2 amide bonds. The smallest absolute Gasteiger partial charge is 0.322 e. The van der Waals surface area contributed by atoms with E-state index in [1.165, 1.54) is 6.92 Å². The number of rotatable bonds is 2. The predicted molar refractivity (Wildman–Crippen MR) is 79.4 cm³/mol. The Morgan fingerprint density at radius 1 is 1.14 bits per heavy atom. The molecule has 112 valence electrons. The van der Waals surface area contributed by atoms with Crippen molar-refractivity contribution >= 4 is 17.5 Å². The summed E-state index contributed by atoms with van der Waals surface area (Å²) in [6, 6.07) is 7.11. The number of aliphatic hydroxyl groups is 1. The highest BCUT2D eigenvalue weighted by Gasteiger charge is 2.42. The maximum absolute atomic E-state index is 12.4. The first-order chi connectivity index (χ1) is 10.0. The SMILES string of the molecule is CC(=O)c1ccc(NC(=O)N2C3CCC2CC(O)C3)cc1. The summed E-state index contributed by atoms with van der Waals surface area (Å²) < 4.78 is 0. The van der Waals surface area contributed by atoms with Crippen molar-refractivity contribution in [3.05, 3.63) is 29.8 Å². The second-order valence-electron chi connectivity index (χ2n) is 5.98. The molecule has 21 heavy (non-hydrogen) atoms. The van der Waals surface area contributed by atoms with E-state index in [0.717, 1.165) is 12.8 Å². The zero-order chi connectivity index (χ0) is 15.0. The number of hydrogen-bond donors (Lipinski definition) is 2. The van der Waals surface area contributed by atoms with Crippen LogP contribution in [0.1, 0.15) is 43.0 Å². The molecule has 3 rings (SSSR count). The number of amides is 2. The highest BCUT2D eigenvalue weighted by atomic mass is 16.3. The summed E-state index contributed by atoms with van der Waals surface area (Å²) in [5.41, 5.74) is 1.32. The minimum atomic E-state index is -0.276. The van der Waals surface area contributed by atoms with Crippen LogP contribution in [-0.4, -0.2) is 40.0 Å². The van der Waals surface area contributed by atoms with Crippen molar-refractivity contribution in [3.63, 3.8) is 0 Å². The van der Waals surface area contributed by atoms with E-state index in [9.17, 15) is 14.7 Å². The average Bonchev–Trinajstić information content (AvgIpc) is 2.72. The van der Waals surface area contributed by atoms with Gasteiger partial charge in [0.1, 0.15) is 0 Å². The molecule has 0 aromatic heterocycles. The number of carbonyl (C=O) groups excluding carboxylic acids is 2. The second kappa shape index (κ2) is 5.48. The van der Waals surface area contributed by atoms with Crippen LogP contribution in [-0.2, 0) is 0 Å². The fraction of sp³-hybridized carbons (Fsp3) is 0.500. The predicted octanol–water partition coefficient (Wildman–Crippen LogP) is 2.41. The quantitative estimate of drug-likeness (QED) is 0.821. The Morgan fingerprint density at radius 3 is 2.24 bits per heavy atom. The van der Waals surface area contributed by atoms with Crippen LogP contribution in [0.3, 0.4) is 0 Å². The normalized spacial score (nSPS) is 27.5. The molecule has 2 N–H and O–H groups in total. The zero-order valence-electron chi connectivity index (χ0n) is 12.1. The molecule has 5 heteroatoms. The first kappa shape index (κ1) is 14.1. The van der Waals surface area contributed by atoms with Crippen molar-refractivity contribution < 1.29 is 14.7 Å². The van der Waals surface area contributed by atoms with E-state index in [4.69, 9.17) is 0 Å². The number of benzene rings is 1. The molecule has 1 aromatic carbocycles. The van der Waals surface area contributed by atoms with Crippen LogP contribution in [0, 0.1) is 0 Å². The standard InChI is InChI=1S/C16H20N2O3/c1-10(19)11-2-4-12(5-3-11)17-16(21)18-13-6-7-14(18)9-15(20)8-13/h2-5,13-15,20H,6-9H2,1H3,(H,17,21). The van der Waals surface area contributed by atoms with E-state index in [0.29, 0.717) is 24.1 Å². The molecule has 0 aliphatic carbocycles. The van der Waals surface area contributed by atoms with Gasteiger partial charge in [-0.2, -0.15) is 0 Å².